The fourth-order valence-corrected chi connectivity index (χ4v) is 3.56. The molecule has 1 aromatic heterocycles. The van der Waals surface area contributed by atoms with Crippen LogP contribution in [0.4, 0.5) is 0 Å². The minimum Gasteiger partial charge on any atom is -0.325 e. The maximum Gasteiger partial charge on any atom is 0.264 e. The zero-order chi connectivity index (χ0) is 13.0. The fourth-order valence-electron chi connectivity index (χ4n) is 2.34. The summed E-state index contributed by atoms with van der Waals surface area (Å²) in [4.78, 5) is 16.0. The molecule has 0 aromatic carbocycles. The van der Waals surface area contributed by atoms with Gasteiger partial charge < -0.3 is 4.90 Å². The number of hydrogen-bond donors (Lipinski definition) is 0. The van der Waals surface area contributed by atoms with E-state index in [1.54, 1.807) is 16.2 Å². The third-order valence-corrected chi connectivity index (χ3v) is 4.61. The maximum atomic E-state index is 12.3. The Balaban J connectivity index is 2.19. The molecule has 0 saturated heterocycles. The number of nitrogens with zero attached hydrogens (tertiary/aromatic N) is 2. The third kappa shape index (κ3) is 2.73. The highest BCUT2D eigenvalue weighted by molar-refractivity contribution is 7.14. The molecule has 1 aliphatic carbocycles. The van der Waals surface area contributed by atoms with E-state index in [4.69, 9.17) is 5.26 Å². The van der Waals surface area contributed by atoms with Crippen molar-refractivity contribution in [2.24, 2.45) is 0 Å². The van der Waals surface area contributed by atoms with Gasteiger partial charge in [-0.05, 0) is 44.2 Å². The van der Waals surface area contributed by atoms with Crippen LogP contribution in [0.3, 0.4) is 0 Å². The van der Waals surface area contributed by atoms with Crippen LogP contribution in [0.2, 0.25) is 0 Å². The number of thiophene rings is 1. The largest absolute Gasteiger partial charge is 0.325 e. The number of hydrogen-bond acceptors (Lipinski definition) is 3. The van der Waals surface area contributed by atoms with Crippen molar-refractivity contribution in [3.63, 3.8) is 0 Å². The summed E-state index contributed by atoms with van der Waals surface area (Å²) in [7, 11) is 0. The van der Waals surface area contributed by atoms with Gasteiger partial charge in [-0.1, -0.05) is 6.42 Å². The average molecular weight is 262 g/mol. The van der Waals surface area contributed by atoms with E-state index in [0.29, 0.717) is 6.54 Å². The van der Waals surface area contributed by atoms with E-state index in [2.05, 4.69) is 6.07 Å². The van der Waals surface area contributed by atoms with Crippen LogP contribution in [0.1, 0.15) is 46.3 Å². The number of carbonyl (C=O) groups excluding carboxylic acids is 1. The number of aryl methyl sites for hydroxylation is 2. The molecule has 0 bridgehead atoms. The number of rotatable bonds is 3. The molecule has 0 N–H and O–H groups in total. The standard InChI is InChI=1S/C14H18N2OS/c1-2-16(9-8-15)14(17)13-10-11-6-4-3-5-7-12(11)18-13/h10H,2-7,9H2,1H3. The van der Waals surface area contributed by atoms with Gasteiger partial charge in [0.25, 0.3) is 5.91 Å². The first kappa shape index (κ1) is 13.1. The summed E-state index contributed by atoms with van der Waals surface area (Å²) in [5.41, 5.74) is 1.36. The first-order chi connectivity index (χ1) is 8.76. The quantitative estimate of drug-likeness (QED) is 0.621. The second kappa shape index (κ2) is 6.01. The second-order valence-electron chi connectivity index (χ2n) is 4.60. The lowest BCUT2D eigenvalue weighted by molar-refractivity contribution is 0.0789. The van der Waals surface area contributed by atoms with Crippen LogP contribution in [-0.4, -0.2) is 23.9 Å². The summed E-state index contributed by atoms with van der Waals surface area (Å²) < 4.78 is 0. The van der Waals surface area contributed by atoms with Gasteiger partial charge in [-0.15, -0.1) is 11.3 Å². The van der Waals surface area contributed by atoms with Crippen LogP contribution in [0.5, 0.6) is 0 Å². The molecule has 2 rings (SSSR count). The molecule has 3 nitrogen and oxygen atoms in total. The van der Waals surface area contributed by atoms with Crippen LogP contribution >= 0.6 is 11.3 Å². The van der Waals surface area contributed by atoms with Gasteiger partial charge in [0.1, 0.15) is 6.54 Å². The van der Waals surface area contributed by atoms with Gasteiger partial charge in [-0.2, -0.15) is 5.26 Å². The molecular weight excluding hydrogens is 244 g/mol. The van der Waals surface area contributed by atoms with Gasteiger partial charge in [0, 0.05) is 11.4 Å². The molecule has 0 fully saturated rings. The Kier molecular flexibility index (Phi) is 4.38. The molecular formula is C14H18N2OS. The van der Waals surface area contributed by atoms with E-state index < -0.39 is 0 Å². The van der Waals surface area contributed by atoms with Gasteiger partial charge in [-0.3, -0.25) is 4.79 Å². The van der Waals surface area contributed by atoms with E-state index in [1.807, 2.05) is 13.0 Å². The van der Waals surface area contributed by atoms with Crippen LogP contribution in [0, 0.1) is 11.3 Å². The minimum absolute atomic E-state index is 0.0112. The Labute approximate surface area is 112 Å². The number of nitriles is 1. The Morgan fingerprint density at radius 2 is 2.22 bits per heavy atom. The normalized spacial score (nSPS) is 14.4. The van der Waals surface area contributed by atoms with E-state index in [9.17, 15) is 4.79 Å². The Hall–Kier alpha value is -1.34. The lowest BCUT2D eigenvalue weighted by Gasteiger charge is -2.15. The van der Waals surface area contributed by atoms with Crippen molar-refractivity contribution in [1.82, 2.24) is 4.90 Å². The highest BCUT2D eigenvalue weighted by Gasteiger charge is 2.19. The summed E-state index contributed by atoms with van der Waals surface area (Å²) in [5, 5.41) is 8.72. The van der Waals surface area contributed by atoms with Crippen LogP contribution in [0.25, 0.3) is 0 Å². The van der Waals surface area contributed by atoms with Crippen LogP contribution in [0.15, 0.2) is 6.07 Å². The molecule has 0 atom stereocenters. The van der Waals surface area contributed by atoms with Gasteiger partial charge in [0.15, 0.2) is 0 Å². The summed E-state index contributed by atoms with van der Waals surface area (Å²) >= 11 is 1.63. The molecule has 1 aliphatic rings. The van der Waals surface area contributed by atoms with Gasteiger partial charge in [0.05, 0.1) is 10.9 Å². The number of amides is 1. The third-order valence-electron chi connectivity index (χ3n) is 3.39. The van der Waals surface area contributed by atoms with Crippen molar-refractivity contribution >= 4 is 17.2 Å². The van der Waals surface area contributed by atoms with Crippen molar-refractivity contribution < 1.29 is 4.79 Å². The first-order valence-electron chi connectivity index (χ1n) is 6.54. The number of fused-ring (bicyclic) bond motifs is 1. The van der Waals surface area contributed by atoms with Crippen molar-refractivity contribution in [2.75, 3.05) is 13.1 Å². The minimum atomic E-state index is 0.0112. The molecule has 0 spiro atoms. The Bertz CT molecular complexity index is 449. The van der Waals surface area contributed by atoms with Gasteiger partial charge in [-0.25, -0.2) is 0 Å². The SMILES string of the molecule is CCN(CC#N)C(=O)c1cc2c(s1)CCCCC2. The molecule has 0 unspecified atom stereocenters. The molecule has 0 radical (unpaired) electrons. The predicted octanol–water partition coefficient (Wildman–Crippen LogP) is 3.00. The van der Waals surface area contributed by atoms with Crippen molar-refractivity contribution in [3.05, 3.63) is 21.4 Å². The molecule has 1 aromatic rings. The Morgan fingerprint density at radius 3 is 2.94 bits per heavy atom. The molecule has 0 saturated carbocycles. The first-order valence-corrected chi connectivity index (χ1v) is 7.35. The molecule has 96 valence electrons. The monoisotopic (exact) mass is 262 g/mol. The average Bonchev–Trinajstić information content (AvgIpc) is 2.66. The highest BCUT2D eigenvalue weighted by Crippen LogP contribution is 2.29. The van der Waals surface area contributed by atoms with Crippen molar-refractivity contribution in [3.8, 4) is 6.07 Å². The summed E-state index contributed by atoms with van der Waals surface area (Å²) in [5.74, 6) is 0.0112. The molecule has 18 heavy (non-hydrogen) atoms. The lowest BCUT2D eigenvalue weighted by atomic mass is 10.1. The number of carbonyl (C=O) groups is 1. The van der Waals surface area contributed by atoms with Gasteiger partial charge in [0.2, 0.25) is 0 Å². The smallest absolute Gasteiger partial charge is 0.264 e. The second-order valence-corrected chi connectivity index (χ2v) is 5.73. The molecule has 4 heteroatoms. The summed E-state index contributed by atoms with van der Waals surface area (Å²) in [6.07, 6.45) is 5.96. The molecule has 1 heterocycles. The van der Waals surface area contributed by atoms with E-state index in [0.717, 1.165) is 17.7 Å². The van der Waals surface area contributed by atoms with Gasteiger partial charge >= 0.3 is 0 Å². The summed E-state index contributed by atoms with van der Waals surface area (Å²) in [6.45, 7) is 2.68. The van der Waals surface area contributed by atoms with E-state index >= 15 is 0 Å². The molecule has 1 amide bonds. The van der Waals surface area contributed by atoms with Crippen molar-refractivity contribution in [1.29, 1.82) is 5.26 Å². The zero-order valence-electron chi connectivity index (χ0n) is 10.7. The highest BCUT2D eigenvalue weighted by atomic mass is 32.1. The zero-order valence-corrected chi connectivity index (χ0v) is 11.6. The lowest BCUT2D eigenvalue weighted by Crippen LogP contribution is -2.30. The molecule has 0 aliphatic heterocycles. The predicted molar refractivity (Wildman–Crippen MR) is 72.8 cm³/mol. The van der Waals surface area contributed by atoms with Crippen molar-refractivity contribution in [2.45, 2.75) is 39.0 Å². The van der Waals surface area contributed by atoms with E-state index in [-0.39, 0.29) is 12.5 Å². The summed E-state index contributed by atoms with van der Waals surface area (Å²) in [6, 6.07) is 4.10. The Morgan fingerprint density at radius 1 is 1.44 bits per heavy atom. The van der Waals surface area contributed by atoms with Crippen LogP contribution < -0.4 is 0 Å². The van der Waals surface area contributed by atoms with Crippen LogP contribution in [-0.2, 0) is 12.8 Å². The maximum absolute atomic E-state index is 12.3. The fraction of sp³-hybridized carbons (Fsp3) is 0.571. The van der Waals surface area contributed by atoms with E-state index in [1.165, 1.54) is 29.7 Å². The topological polar surface area (TPSA) is 44.1 Å².